The molecule has 2 unspecified atom stereocenters. The Morgan fingerprint density at radius 1 is 1.17 bits per heavy atom. The molecule has 1 N–H and O–H groups in total. The number of likely N-dealkylation sites (tertiary alicyclic amines) is 1. The molecule has 1 aromatic carbocycles. The number of benzene rings is 1. The van der Waals surface area contributed by atoms with Crippen LogP contribution < -0.4 is 0 Å². The summed E-state index contributed by atoms with van der Waals surface area (Å²) in [7, 11) is 1.34. The van der Waals surface area contributed by atoms with Crippen molar-refractivity contribution >= 4 is 12.1 Å². The van der Waals surface area contributed by atoms with E-state index in [0.717, 1.165) is 5.56 Å². The average molecular weight is 335 g/mol. The van der Waals surface area contributed by atoms with E-state index in [2.05, 4.69) is 4.74 Å². The number of ether oxygens (including phenoxy) is 2. The molecule has 1 amide bonds. The third-order valence-corrected chi connectivity index (χ3v) is 3.88. The molecule has 0 radical (unpaired) electrons. The van der Waals surface area contributed by atoms with Crippen LogP contribution in [-0.4, -0.2) is 54.0 Å². The van der Waals surface area contributed by atoms with E-state index in [9.17, 15) is 14.7 Å². The largest absolute Gasteiger partial charge is 0.465 e. The first-order valence-electron chi connectivity index (χ1n) is 8.04. The molecular weight excluding hydrogens is 310 g/mol. The summed E-state index contributed by atoms with van der Waals surface area (Å²) in [4.78, 5) is 25.3. The Morgan fingerprint density at radius 3 is 2.33 bits per heavy atom. The van der Waals surface area contributed by atoms with Crippen LogP contribution in [0.3, 0.4) is 0 Å². The molecule has 0 aliphatic carbocycles. The Bertz CT molecular complexity index is 590. The summed E-state index contributed by atoms with van der Waals surface area (Å²) in [5.74, 6) is -0.395. The molecular formula is C18H25NO5. The molecule has 2 atom stereocenters. The minimum absolute atomic E-state index is 0.00651. The van der Waals surface area contributed by atoms with E-state index >= 15 is 0 Å². The van der Waals surface area contributed by atoms with Gasteiger partial charge in [0.25, 0.3) is 0 Å². The molecule has 1 aromatic rings. The SMILES string of the molecule is COC(=O)c1ccc(C2CC(O)CN(C(=O)OC(C)(C)C)C2)cc1. The quantitative estimate of drug-likeness (QED) is 0.841. The summed E-state index contributed by atoms with van der Waals surface area (Å²) < 4.78 is 10.1. The fourth-order valence-corrected chi connectivity index (χ4v) is 2.80. The number of aliphatic hydroxyl groups is 1. The van der Waals surface area contributed by atoms with Crippen molar-refractivity contribution in [2.24, 2.45) is 0 Å². The van der Waals surface area contributed by atoms with Crippen molar-refractivity contribution in [2.45, 2.75) is 44.8 Å². The van der Waals surface area contributed by atoms with Gasteiger partial charge in [-0.1, -0.05) is 12.1 Å². The maximum atomic E-state index is 12.2. The predicted molar refractivity (Wildman–Crippen MR) is 89.0 cm³/mol. The highest BCUT2D eigenvalue weighted by Crippen LogP contribution is 2.28. The van der Waals surface area contributed by atoms with E-state index in [-0.39, 0.29) is 18.4 Å². The highest BCUT2D eigenvalue weighted by Gasteiger charge is 2.32. The van der Waals surface area contributed by atoms with Crippen molar-refractivity contribution in [1.29, 1.82) is 0 Å². The smallest absolute Gasteiger partial charge is 0.410 e. The van der Waals surface area contributed by atoms with E-state index in [1.54, 1.807) is 12.1 Å². The van der Waals surface area contributed by atoms with Gasteiger partial charge < -0.3 is 19.5 Å². The van der Waals surface area contributed by atoms with Crippen LogP contribution in [-0.2, 0) is 9.47 Å². The lowest BCUT2D eigenvalue weighted by Gasteiger charge is -2.36. The van der Waals surface area contributed by atoms with Crippen LogP contribution in [0.25, 0.3) is 0 Å². The van der Waals surface area contributed by atoms with Gasteiger partial charge in [0.2, 0.25) is 0 Å². The number of hydrogen-bond acceptors (Lipinski definition) is 5. The van der Waals surface area contributed by atoms with Gasteiger partial charge in [0.1, 0.15) is 5.60 Å². The van der Waals surface area contributed by atoms with Gasteiger partial charge in [-0.15, -0.1) is 0 Å². The maximum absolute atomic E-state index is 12.2. The minimum atomic E-state index is -0.600. The summed E-state index contributed by atoms with van der Waals surface area (Å²) in [6, 6.07) is 7.06. The summed E-state index contributed by atoms with van der Waals surface area (Å²) in [5.41, 5.74) is 0.869. The van der Waals surface area contributed by atoms with Gasteiger partial charge in [0.05, 0.1) is 18.8 Å². The average Bonchev–Trinajstić information content (AvgIpc) is 2.52. The Kier molecular flexibility index (Phi) is 5.49. The Balaban J connectivity index is 2.10. The number of carbonyl (C=O) groups is 2. The summed E-state index contributed by atoms with van der Waals surface area (Å²) in [6.07, 6.45) is -0.453. The summed E-state index contributed by atoms with van der Waals surface area (Å²) in [6.45, 7) is 6.19. The first-order valence-corrected chi connectivity index (χ1v) is 8.04. The van der Waals surface area contributed by atoms with E-state index in [1.165, 1.54) is 12.0 Å². The monoisotopic (exact) mass is 335 g/mol. The van der Waals surface area contributed by atoms with Gasteiger partial charge >= 0.3 is 12.1 Å². The third kappa shape index (κ3) is 4.71. The topological polar surface area (TPSA) is 76.1 Å². The zero-order valence-electron chi connectivity index (χ0n) is 14.6. The fraction of sp³-hybridized carbons (Fsp3) is 0.556. The van der Waals surface area contributed by atoms with Crippen molar-refractivity contribution < 1.29 is 24.2 Å². The number of methoxy groups -OCH3 is 1. The molecule has 1 fully saturated rings. The number of β-amino-alcohol motifs (C(OH)–C–C–N with tert-alkyl or cyclic N) is 1. The van der Waals surface area contributed by atoms with Crippen molar-refractivity contribution in [2.75, 3.05) is 20.2 Å². The van der Waals surface area contributed by atoms with Crippen LogP contribution in [0, 0.1) is 0 Å². The first-order chi connectivity index (χ1) is 11.2. The molecule has 0 bridgehead atoms. The van der Waals surface area contributed by atoms with Gasteiger partial charge in [0.15, 0.2) is 0 Å². The van der Waals surface area contributed by atoms with E-state index in [0.29, 0.717) is 18.5 Å². The van der Waals surface area contributed by atoms with Crippen LogP contribution in [0.2, 0.25) is 0 Å². The van der Waals surface area contributed by atoms with Crippen molar-refractivity contribution in [3.8, 4) is 0 Å². The number of carbonyl (C=O) groups excluding carboxylic acids is 2. The lowest BCUT2D eigenvalue weighted by Crippen LogP contribution is -2.47. The Hall–Kier alpha value is -2.08. The second-order valence-corrected chi connectivity index (χ2v) is 7.09. The molecule has 6 nitrogen and oxygen atoms in total. The molecule has 1 heterocycles. The number of piperidine rings is 1. The number of aliphatic hydroxyl groups excluding tert-OH is 1. The molecule has 1 aliphatic heterocycles. The van der Waals surface area contributed by atoms with E-state index in [4.69, 9.17) is 4.74 Å². The summed E-state index contributed by atoms with van der Waals surface area (Å²) in [5, 5.41) is 10.1. The highest BCUT2D eigenvalue weighted by atomic mass is 16.6. The van der Waals surface area contributed by atoms with Crippen LogP contribution in [0.15, 0.2) is 24.3 Å². The number of nitrogens with zero attached hydrogens (tertiary/aromatic N) is 1. The number of esters is 1. The van der Waals surface area contributed by atoms with Crippen LogP contribution in [0.1, 0.15) is 49.0 Å². The second-order valence-electron chi connectivity index (χ2n) is 7.09. The van der Waals surface area contributed by atoms with Gasteiger partial charge in [-0.05, 0) is 44.9 Å². The molecule has 1 saturated heterocycles. The Morgan fingerprint density at radius 2 is 1.79 bits per heavy atom. The number of hydrogen-bond donors (Lipinski definition) is 1. The van der Waals surface area contributed by atoms with Gasteiger partial charge in [0, 0.05) is 19.0 Å². The molecule has 1 aliphatic rings. The molecule has 0 spiro atoms. The van der Waals surface area contributed by atoms with E-state index < -0.39 is 17.8 Å². The zero-order chi connectivity index (χ0) is 17.9. The predicted octanol–water partition coefficient (Wildman–Crippen LogP) is 2.56. The molecule has 0 saturated carbocycles. The third-order valence-electron chi connectivity index (χ3n) is 3.88. The number of amides is 1. The van der Waals surface area contributed by atoms with Crippen LogP contribution >= 0.6 is 0 Å². The lowest BCUT2D eigenvalue weighted by molar-refractivity contribution is -0.0000696. The second kappa shape index (κ2) is 7.21. The normalized spacial score (nSPS) is 21.3. The van der Waals surface area contributed by atoms with Crippen molar-refractivity contribution in [3.05, 3.63) is 35.4 Å². The summed E-state index contributed by atoms with van der Waals surface area (Å²) >= 11 is 0. The van der Waals surface area contributed by atoms with Gasteiger partial charge in [-0.3, -0.25) is 0 Å². The molecule has 6 heteroatoms. The highest BCUT2D eigenvalue weighted by molar-refractivity contribution is 5.89. The van der Waals surface area contributed by atoms with Crippen LogP contribution in [0.5, 0.6) is 0 Å². The minimum Gasteiger partial charge on any atom is -0.465 e. The molecule has 0 aromatic heterocycles. The first kappa shape index (κ1) is 18.3. The van der Waals surface area contributed by atoms with Crippen molar-refractivity contribution in [1.82, 2.24) is 4.90 Å². The Labute approximate surface area is 142 Å². The van der Waals surface area contributed by atoms with Gasteiger partial charge in [-0.25, -0.2) is 9.59 Å². The number of rotatable bonds is 2. The molecule has 24 heavy (non-hydrogen) atoms. The maximum Gasteiger partial charge on any atom is 0.410 e. The van der Waals surface area contributed by atoms with Gasteiger partial charge in [-0.2, -0.15) is 0 Å². The van der Waals surface area contributed by atoms with Crippen molar-refractivity contribution in [3.63, 3.8) is 0 Å². The fourth-order valence-electron chi connectivity index (χ4n) is 2.80. The molecule has 2 rings (SSSR count). The standard InChI is InChI=1S/C18H25NO5/c1-18(2,3)24-17(22)19-10-14(9-15(20)11-19)12-5-7-13(8-6-12)16(21)23-4/h5-8,14-15,20H,9-11H2,1-4H3. The van der Waals surface area contributed by atoms with E-state index in [1.807, 2.05) is 32.9 Å². The lowest BCUT2D eigenvalue weighted by atomic mass is 9.89. The molecule has 132 valence electrons. The van der Waals surface area contributed by atoms with Crippen LogP contribution in [0.4, 0.5) is 4.79 Å². The zero-order valence-corrected chi connectivity index (χ0v) is 14.6.